The summed E-state index contributed by atoms with van der Waals surface area (Å²) >= 11 is 0. The molecule has 0 saturated carbocycles. The van der Waals surface area contributed by atoms with Gasteiger partial charge in [0, 0.05) is 19.2 Å². The van der Waals surface area contributed by atoms with Crippen molar-refractivity contribution in [2.45, 2.75) is 18.9 Å². The number of para-hydroxylation sites is 1. The van der Waals surface area contributed by atoms with E-state index >= 15 is 0 Å². The van der Waals surface area contributed by atoms with E-state index in [1.165, 1.54) is 6.07 Å². The number of hydrazine groups is 1. The third-order valence-corrected chi connectivity index (χ3v) is 4.76. The highest BCUT2D eigenvalue weighted by molar-refractivity contribution is 6.47. The van der Waals surface area contributed by atoms with E-state index in [1.807, 2.05) is 18.1 Å². The van der Waals surface area contributed by atoms with E-state index in [-0.39, 0.29) is 23.6 Å². The van der Waals surface area contributed by atoms with E-state index < -0.39 is 19.0 Å². The molecule has 1 amide bonds. The molecule has 0 fully saturated rings. The Balaban J connectivity index is 1.52. The summed E-state index contributed by atoms with van der Waals surface area (Å²) in [4.78, 5) is 23.9. The van der Waals surface area contributed by atoms with Crippen LogP contribution in [0.1, 0.15) is 31.8 Å². The molecule has 4 N–H and O–H groups in total. The Morgan fingerprint density at radius 1 is 1.30 bits per heavy atom. The molecule has 9 heteroatoms. The maximum Gasteiger partial charge on any atom is 0.547 e. The predicted octanol–water partition coefficient (Wildman–Crippen LogP) is 0.910. The molecule has 0 aliphatic carbocycles. The Bertz CT molecular complexity index is 935. The number of nitrogens with zero attached hydrogens (tertiary/aromatic N) is 1. The number of carbonyl (C=O) groups is 2. The Hall–Kier alpha value is -3.04. The fraction of sp³-hybridized carbons (Fsp3) is 0.222. The molecule has 0 unspecified atom stereocenters. The van der Waals surface area contributed by atoms with Crippen LogP contribution in [0.15, 0.2) is 36.4 Å². The lowest BCUT2D eigenvalue weighted by molar-refractivity contribution is 0.0693. The number of carboxylic acid groups (broad SMARTS) is 1. The SMILES string of the molecule is CN1Cc2ccc(C(=O)N[C@H]3Cc4cccc(C(=O)O)c4OB3O)cc2N1. The summed E-state index contributed by atoms with van der Waals surface area (Å²) in [6, 6.07) is 10.2. The first-order valence-corrected chi connectivity index (χ1v) is 8.54. The molecule has 2 aliphatic heterocycles. The van der Waals surface area contributed by atoms with Gasteiger partial charge in [0.25, 0.3) is 5.91 Å². The molecule has 27 heavy (non-hydrogen) atoms. The van der Waals surface area contributed by atoms with Gasteiger partial charge < -0.3 is 25.5 Å². The van der Waals surface area contributed by atoms with Gasteiger partial charge in [0.1, 0.15) is 5.75 Å². The fourth-order valence-corrected chi connectivity index (χ4v) is 3.43. The number of carboxylic acids is 1. The quantitative estimate of drug-likeness (QED) is 0.597. The molecule has 0 spiro atoms. The Kier molecular flexibility index (Phi) is 4.25. The molecule has 2 aromatic rings. The van der Waals surface area contributed by atoms with Crippen LogP contribution in [-0.2, 0) is 13.0 Å². The molecule has 0 aromatic heterocycles. The lowest BCUT2D eigenvalue weighted by atomic mass is 9.72. The number of nitrogens with one attached hydrogen (secondary N) is 2. The van der Waals surface area contributed by atoms with Crippen LogP contribution in [0.3, 0.4) is 0 Å². The highest BCUT2D eigenvalue weighted by Gasteiger charge is 2.38. The number of carbonyl (C=O) groups excluding carboxylic acids is 1. The molecule has 0 radical (unpaired) electrons. The smallest absolute Gasteiger partial charge is 0.534 e. The number of aromatic carboxylic acids is 1. The summed E-state index contributed by atoms with van der Waals surface area (Å²) < 4.78 is 5.40. The summed E-state index contributed by atoms with van der Waals surface area (Å²) in [5, 5.41) is 24.2. The van der Waals surface area contributed by atoms with Crippen LogP contribution in [-0.4, -0.2) is 47.1 Å². The zero-order valence-corrected chi connectivity index (χ0v) is 14.6. The second-order valence-corrected chi connectivity index (χ2v) is 6.73. The number of hydrogen-bond donors (Lipinski definition) is 4. The summed E-state index contributed by atoms with van der Waals surface area (Å²) in [7, 11) is 0.582. The summed E-state index contributed by atoms with van der Waals surface area (Å²) in [6.45, 7) is 0.759. The van der Waals surface area contributed by atoms with Gasteiger partial charge in [-0.25, -0.2) is 9.80 Å². The monoisotopic (exact) mass is 367 g/mol. The Morgan fingerprint density at radius 2 is 2.11 bits per heavy atom. The molecule has 8 nitrogen and oxygen atoms in total. The van der Waals surface area contributed by atoms with E-state index in [9.17, 15) is 19.7 Å². The molecule has 2 aromatic carbocycles. The van der Waals surface area contributed by atoms with Gasteiger partial charge in [-0.3, -0.25) is 4.79 Å². The van der Waals surface area contributed by atoms with Crippen molar-refractivity contribution in [2.75, 3.05) is 12.5 Å². The Morgan fingerprint density at radius 3 is 2.89 bits per heavy atom. The van der Waals surface area contributed by atoms with Crippen molar-refractivity contribution < 1.29 is 24.4 Å². The largest absolute Gasteiger partial charge is 0.547 e. The third-order valence-electron chi connectivity index (χ3n) is 4.76. The maximum atomic E-state index is 12.6. The van der Waals surface area contributed by atoms with Gasteiger partial charge in [0.15, 0.2) is 0 Å². The molecule has 4 rings (SSSR count). The van der Waals surface area contributed by atoms with Gasteiger partial charge in [0.2, 0.25) is 0 Å². The zero-order valence-electron chi connectivity index (χ0n) is 14.6. The number of fused-ring (bicyclic) bond motifs is 2. The number of rotatable bonds is 3. The van der Waals surface area contributed by atoms with Crippen molar-refractivity contribution in [3.8, 4) is 5.75 Å². The van der Waals surface area contributed by atoms with E-state index in [2.05, 4.69) is 10.7 Å². The van der Waals surface area contributed by atoms with E-state index in [0.29, 0.717) is 11.1 Å². The van der Waals surface area contributed by atoms with Crippen LogP contribution in [0.25, 0.3) is 0 Å². The molecule has 2 heterocycles. The lowest BCUT2D eigenvalue weighted by Crippen LogP contribution is -2.53. The summed E-state index contributed by atoms with van der Waals surface area (Å²) in [5.74, 6) is -2.00. The van der Waals surface area contributed by atoms with Crippen molar-refractivity contribution in [1.82, 2.24) is 10.3 Å². The van der Waals surface area contributed by atoms with Crippen LogP contribution in [0.5, 0.6) is 5.75 Å². The third kappa shape index (κ3) is 3.22. The minimum atomic E-state index is -1.33. The minimum Gasteiger partial charge on any atom is -0.534 e. The topological polar surface area (TPSA) is 111 Å². The van der Waals surface area contributed by atoms with Gasteiger partial charge in [0.05, 0.1) is 17.2 Å². The second-order valence-electron chi connectivity index (χ2n) is 6.73. The zero-order chi connectivity index (χ0) is 19.1. The maximum absolute atomic E-state index is 12.6. The van der Waals surface area contributed by atoms with Crippen molar-refractivity contribution in [3.63, 3.8) is 0 Å². The first-order valence-electron chi connectivity index (χ1n) is 8.54. The number of anilines is 1. The molecular formula is C18H18BN3O5. The average molecular weight is 367 g/mol. The van der Waals surface area contributed by atoms with Gasteiger partial charge in [-0.1, -0.05) is 18.2 Å². The van der Waals surface area contributed by atoms with Crippen molar-refractivity contribution in [2.24, 2.45) is 0 Å². The van der Waals surface area contributed by atoms with Gasteiger partial charge in [-0.05, 0) is 35.7 Å². The van der Waals surface area contributed by atoms with Crippen molar-refractivity contribution >= 4 is 24.7 Å². The lowest BCUT2D eigenvalue weighted by Gasteiger charge is -2.28. The molecule has 2 aliphatic rings. The standard InChI is InChI=1S/C18H18BN3O5/c1-22-9-12-6-5-11(7-14(12)21-22)17(23)20-15-8-10-3-2-4-13(18(24)25)16(10)27-19(15)26/h2-7,15,21,26H,8-9H2,1H3,(H,20,23)(H,24,25)/t15-/m0/s1. The fourth-order valence-electron chi connectivity index (χ4n) is 3.43. The summed E-state index contributed by atoms with van der Waals surface area (Å²) in [5.41, 5.74) is 6.22. The van der Waals surface area contributed by atoms with Gasteiger partial charge in [-0.2, -0.15) is 0 Å². The minimum absolute atomic E-state index is 0.00913. The summed E-state index contributed by atoms with van der Waals surface area (Å²) in [6.07, 6.45) is 0.273. The first kappa shape index (κ1) is 17.4. The molecular weight excluding hydrogens is 349 g/mol. The highest BCUT2D eigenvalue weighted by Crippen LogP contribution is 2.30. The van der Waals surface area contributed by atoms with Crippen LogP contribution >= 0.6 is 0 Å². The highest BCUT2D eigenvalue weighted by atomic mass is 16.5. The van der Waals surface area contributed by atoms with Gasteiger partial charge in [-0.15, -0.1) is 0 Å². The number of hydrogen-bond acceptors (Lipinski definition) is 6. The van der Waals surface area contributed by atoms with Crippen molar-refractivity contribution in [1.29, 1.82) is 0 Å². The molecule has 1 atom stereocenters. The second kappa shape index (κ2) is 6.60. The normalized spacial score (nSPS) is 18.1. The molecule has 0 bridgehead atoms. The molecule has 138 valence electrons. The van der Waals surface area contributed by atoms with E-state index in [1.54, 1.807) is 24.3 Å². The number of benzene rings is 2. The first-order chi connectivity index (χ1) is 12.9. The van der Waals surface area contributed by atoms with Gasteiger partial charge >= 0.3 is 13.1 Å². The van der Waals surface area contributed by atoms with Crippen molar-refractivity contribution in [3.05, 3.63) is 58.7 Å². The van der Waals surface area contributed by atoms with E-state index in [0.717, 1.165) is 17.8 Å². The van der Waals surface area contributed by atoms with Crippen LogP contribution in [0, 0.1) is 0 Å². The van der Waals surface area contributed by atoms with Crippen LogP contribution in [0.4, 0.5) is 5.69 Å². The predicted molar refractivity (Wildman–Crippen MR) is 98.5 cm³/mol. The van der Waals surface area contributed by atoms with Crippen LogP contribution < -0.4 is 15.4 Å². The average Bonchev–Trinajstić information content (AvgIpc) is 3.00. The van der Waals surface area contributed by atoms with Crippen LogP contribution in [0.2, 0.25) is 0 Å². The van der Waals surface area contributed by atoms with E-state index in [4.69, 9.17) is 4.65 Å². The number of amides is 1. The Labute approximate surface area is 155 Å². The molecule has 0 saturated heterocycles.